The van der Waals surface area contributed by atoms with Crippen LogP contribution < -0.4 is 10.2 Å². The summed E-state index contributed by atoms with van der Waals surface area (Å²) in [4.78, 5) is 2.41. The van der Waals surface area contributed by atoms with Crippen LogP contribution in [0.25, 0.3) is 0 Å². The summed E-state index contributed by atoms with van der Waals surface area (Å²) < 4.78 is 0. The number of nitrogens with one attached hydrogen (secondary N) is 1. The molecule has 0 spiro atoms. The van der Waals surface area contributed by atoms with Crippen LogP contribution in [-0.4, -0.2) is 25.7 Å². The largest absolute Gasteiger partial charge is 0.366 e. The minimum atomic E-state index is 0.592. The van der Waals surface area contributed by atoms with E-state index in [0.717, 1.165) is 36.8 Å². The molecule has 0 bridgehead atoms. The van der Waals surface area contributed by atoms with Crippen LogP contribution in [0.2, 0.25) is 0 Å². The van der Waals surface area contributed by atoms with Crippen LogP contribution in [0.1, 0.15) is 12.0 Å². The maximum atomic E-state index is 9.13. The van der Waals surface area contributed by atoms with E-state index < -0.39 is 0 Å². The van der Waals surface area contributed by atoms with Crippen LogP contribution in [-0.2, 0) is 0 Å². The van der Waals surface area contributed by atoms with Gasteiger partial charge < -0.3 is 10.2 Å². The molecule has 0 aliphatic carbocycles. The third-order valence-electron chi connectivity index (χ3n) is 3.78. The van der Waals surface area contributed by atoms with Crippen LogP contribution in [0, 0.1) is 17.2 Å². The SMILES string of the molecule is N#Cc1ccccc1N1CCC2CNCC21. The molecule has 3 heteroatoms. The zero-order chi connectivity index (χ0) is 11.0. The highest BCUT2D eigenvalue weighted by molar-refractivity contribution is 5.60. The van der Waals surface area contributed by atoms with E-state index in [9.17, 15) is 0 Å². The van der Waals surface area contributed by atoms with Crippen molar-refractivity contribution < 1.29 is 0 Å². The van der Waals surface area contributed by atoms with Crippen molar-refractivity contribution in [2.75, 3.05) is 24.5 Å². The van der Waals surface area contributed by atoms with E-state index in [-0.39, 0.29) is 0 Å². The van der Waals surface area contributed by atoms with Gasteiger partial charge in [0.15, 0.2) is 0 Å². The summed E-state index contributed by atoms with van der Waals surface area (Å²) in [6, 6.07) is 10.8. The molecule has 3 rings (SSSR count). The first-order chi connectivity index (χ1) is 7.90. The Bertz CT molecular complexity index is 435. The third-order valence-corrected chi connectivity index (χ3v) is 3.78. The van der Waals surface area contributed by atoms with Crippen LogP contribution in [0.15, 0.2) is 24.3 Å². The summed E-state index contributed by atoms with van der Waals surface area (Å²) in [5, 5.41) is 12.6. The van der Waals surface area contributed by atoms with Gasteiger partial charge in [-0.25, -0.2) is 0 Å². The Morgan fingerprint density at radius 3 is 3.06 bits per heavy atom. The van der Waals surface area contributed by atoms with E-state index in [1.54, 1.807) is 0 Å². The molecule has 3 nitrogen and oxygen atoms in total. The molecule has 16 heavy (non-hydrogen) atoms. The molecule has 2 aliphatic rings. The number of para-hydroxylation sites is 1. The molecule has 2 unspecified atom stereocenters. The van der Waals surface area contributed by atoms with Crippen LogP contribution in [0.3, 0.4) is 0 Å². The smallest absolute Gasteiger partial charge is 0.101 e. The van der Waals surface area contributed by atoms with E-state index >= 15 is 0 Å². The van der Waals surface area contributed by atoms with E-state index in [1.807, 2.05) is 18.2 Å². The van der Waals surface area contributed by atoms with Crippen molar-refractivity contribution in [1.29, 1.82) is 5.26 Å². The van der Waals surface area contributed by atoms with Gasteiger partial charge in [-0.1, -0.05) is 12.1 Å². The van der Waals surface area contributed by atoms with Crippen molar-refractivity contribution in [1.82, 2.24) is 5.32 Å². The quantitative estimate of drug-likeness (QED) is 0.765. The monoisotopic (exact) mass is 213 g/mol. The van der Waals surface area contributed by atoms with Gasteiger partial charge in [0.1, 0.15) is 6.07 Å². The predicted molar refractivity (Wildman–Crippen MR) is 63.3 cm³/mol. The molecular weight excluding hydrogens is 198 g/mol. The van der Waals surface area contributed by atoms with Crippen molar-refractivity contribution in [3.63, 3.8) is 0 Å². The van der Waals surface area contributed by atoms with Gasteiger partial charge in [0.05, 0.1) is 11.3 Å². The number of hydrogen-bond donors (Lipinski definition) is 1. The van der Waals surface area contributed by atoms with E-state index in [1.165, 1.54) is 6.42 Å². The number of fused-ring (bicyclic) bond motifs is 1. The standard InChI is InChI=1S/C13H15N3/c14-7-10-3-1-2-4-12(10)16-6-5-11-8-15-9-13(11)16/h1-4,11,13,15H,5-6,8-9H2. The highest BCUT2D eigenvalue weighted by atomic mass is 15.2. The van der Waals surface area contributed by atoms with E-state index in [2.05, 4.69) is 22.4 Å². The van der Waals surface area contributed by atoms with Gasteiger partial charge in [-0.15, -0.1) is 0 Å². The summed E-state index contributed by atoms with van der Waals surface area (Å²) in [6.45, 7) is 3.29. The normalized spacial score (nSPS) is 27.8. The molecular formula is C13H15N3. The molecule has 82 valence electrons. The Morgan fingerprint density at radius 2 is 2.19 bits per heavy atom. The van der Waals surface area contributed by atoms with Crippen molar-refractivity contribution >= 4 is 5.69 Å². The van der Waals surface area contributed by atoms with Crippen LogP contribution in [0.5, 0.6) is 0 Å². The molecule has 2 fully saturated rings. The lowest BCUT2D eigenvalue weighted by Crippen LogP contribution is -2.34. The lowest BCUT2D eigenvalue weighted by molar-refractivity contribution is 0.578. The number of rotatable bonds is 1. The molecule has 1 aromatic carbocycles. The number of nitriles is 1. The fourth-order valence-electron chi connectivity index (χ4n) is 2.97. The van der Waals surface area contributed by atoms with Gasteiger partial charge in [0.25, 0.3) is 0 Å². The molecule has 1 aromatic rings. The second-order valence-electron chi connectivity index (χ2n) is 4.60. The minimum Gasteiger partial charge on any atom is -0.366 e. The first-order valence-corrected chi connectivity index (χ1v) is 5.86. The van der Waals surface area contributed by atoms with Crippen LogP contribution >= 0.6 is 0 Å². The molecule has 2 aliphatic heterocycles. The Hall–Kier alpha value is -1.53. The predicted octanol–water partition coefficient (Wildman–Crippen LogP) is 1.36. The maximum absolute atomic E-state index is 9.13. The summed E-state index contributed by atoms with van der Waals surface area (Å²) in [5.41, 5.74) is 1.91. The Morgan fingerprint density at radius 1 is 1.31 bits per heavy atom. The van der Waals surface area contributed by atoms with Crippen molar-refractivity contribution in [3.8, 4) is 6.07 Å². The highest BCUT2D eigenvalue weighted by Crippen LogP contribution is 2.33. The van der Waals surface area contributed by atoms with E-state index in [4.69, 9.17) is 5.26 Å². The minimum absolute atomic E-state index is 0.592. The van der Waals surface area contributed by atoms with Crippen molar-refractivity contribution in [3.05, 3.63) is 29.8 Å². The van der Waals surface area contributed by atoms with Gasteiger partial charge in [-0.05, 0) is 24.5 Å². The first kappa shape index (κ1) is 9.68. The lowest BCUT2D eigenvalue weighted by Gasteiger charge is -2.26. The van der Waals surface area contributed by atoms with Gasteiger partial charge in [0.2, 0.25) is 0 Å². The zero-order valence-electron chi connectivity index (χ0n) is 9.19. The second kappa shape index (κ2) is 3.80. The second-order valence-corrected chi connectivity index (χ2v) is 4.60. The topological polar surface area (TPSA) is 39.1 Å². The highest BCUT2D eigenvalue weighted by Gasteiger charge is 2.38. The summed E-state index contributed by atoms with van der Waals surface area (Å²) in [5.74, 6) is 0.770. The number of anilines is 1. The number of hydrogen-bond acceptors (Lipinski definition) is 3. The summed E-state index contributed by atoms with van der Waals surface area (Å²) >= 11 is 0. The molecule has 0 saturated carbocycles. The Balaban J connectivity index is 1.95. The summed E-state index contributed by atoms with van der Waals surface area (Å²) in [7, 11) is 0. The first-order valence-electron chi connectivity index (χ1n) is 5.86. The Labute approximate surface area is 95.7 Å². The van der Waals surface area contributed by atoms with E-state index in [0.29, 0.717) is 6.04 Å². The van der Waals surface area contributed by atoms with Gasteiger partial charge in [-0.3, -0.25) is 0 Å². The fraction of sp³-hybridized carbons (Fsp3) is 0.462. The third kappa shape index (κ3) is 1.38. The molecule has 0 radical (unpaired) electrons. The number of benzene rings is 1. The van der Waals surface area contributed by atoms with Gasteiger partial charge in [-0.2, -0.15) is 5.26 Å². The molecule has 1 N–H and O–H groups in total. The van der Waals surface area contributed by atoms with Crippen molar-refractivity contribution in [2.45, 2.75) is 12.5 Å². The molecule has 2 saturated heterocycles. The lowest BCUT2D eigenvalue weighted by atomic mass is 10.0. The molecule has 2 atom stereocenters. The molecule has 2 heterocycles. The average Bonchev–Trinajstić information content (AvgIpc) is 2.91. The number of nitrogens with zero attached hydrogens (tertiary/aromatic N) is 2. The Kier molecular flexibility index (Phi) is 2.30. The molecule has 0 aromatic heterocycles. The maximum Gasteiger partial charge on any atom is 0.101 e. The fourth-order valence-corrected chi connectivity index (χ4v) is 2.97. The zero-order valence-corrected chi connectivity index (χ0v) is 9.19. The van der Waals surface area contributed by atoms with Gasteiger partial charge >= 0.3 is 0 Å². The van der Waals surface area contributed by atoms with Gasteiger partial charge in [0, 0.05) is 25.7 Å². The average molecular weight is 213 g/mol. The van der Waals surface area contributed by atoms with Crippen molar-refractivity contribution in [2.24, 2.45) is 5.92 Å². The van der Waals surface area contributed by atoms with Crippen LogP contribution in [0.4, 0.5) is 5.69 Å². The molecule has 0 amide bonds. The summed E-state index contributed by atoms with van der Waals surface area (Å²) in [6.07, 6.45) is 1.25.